The van der Waals surface area contributed by atoms with E-state index in [1.807, 2.05) is 0 Å². The highest BCUT2D eigenvalue weighted by atomic mass is 35.5. The Hall–Kier alpha value is -2.33. The van der Waals surface area contributed by atoms with Crippen LogP contribution >= 0.6 is 22.9 Å². The Balaban J connectivity index is 1.55. The number of benzene rings is 1. The number of nitrogens with one attached hydrogen (secondary N) is 1. The molecule has 3 heterocycles. The smallest absolute Gasteiger partial charge is 0.276 e. The molecule has 0 saturated heterocycles. The Bertz CT molecular complexity index is 1180. The number of thiazole rings is 1. The number of anilines is 1. The minimum Gasteiger partial charge on any atom is -0.296 e. The van der Waals surface area contributed by atoms with E-state index in [9.17, 15) is 13.2 Å². The summed E-state index contributed by atoms with van der Waals surface area (Å²) in [6, 6.07) is 9.93. The number of aromatic nitrogens is 2. The van der Waals surface area contributed by atoms with Gasteiger partial charge in [0.1, 0.15) is 5.69 Å². The zero-order valence-electron chi connectivity index (χ0n) is 15.4. The van der Waals surface area contributed by atoms with Gasteiger partial charge in [-0.1, -0.05) is 23.7 Å². The van der Waals surface area contributed by atoms with Crippen LogP contribution in [-0.2, 0) is 23.0 Å². The van der Waals surface area contributed by atoms with Crippen LogP contribution in [0.4, 0.5) is 5.13 Å². The Morgan fingerprint density at radius 3 is 2.86 bits per heavy atom. The zero-order chi connectivity index (χ0) is 20.6. The number of halogens is 1. The summed E-state index contributed by atoms with van der Waals surface area (Å²) in [6.07, 6.45) is 2.02. The predicted octanol–water partition coefficient (Wildman–Crippen LogP) is 3.50. The predicted molar refractivity (Wildman–Crippen MR) is 112 cm³/mol. The first kappa shape index (κ1) is 20.0. The molecule has 7 nitrogen and oxygen atoms in total. The summed E-state index contributed by atoms with van der Waals surface area (Å²) in [4.78, 5) is 21.8. The van der Waals surface area contributed by atoms with Gasteiger partial charge in [-0.15, -0.1) is 11.3 Å². The van der Waals surface area contributed by atoms with E-state index in [4.69, 9.17) is 11.6 Å². The maximum Gasteiger partial charge on any atom is 0.276 e. The van der Waals surface area contributed by atoms with Crippen LogP contribution in [0.25, 0.3) is 0 Å². The third kappa shape index (κ3) is 4.04. The van der Waals surface area contributed by atoms with Gasteiger partial charge in [-0.05, 0) is 36.8 Å². The molecule has 150 valence electrons. The lowest BCUT2D eigenvalue weighted by Crippen LogP contribution is -2.35. The molecule has 0 spiro atoms. The number of pyridine rings is 1. The van der Waals surface area contributed by atoms with Gasteiger partial charge in [-0.2, -0.15) is 4.31 Å². The van der Waals surface area contributed by atoms with Gasteiger partial charge in [0.15, 0.2) is 5.13 Å². The number of hydrogen-bond donors (Lipinski definition) is 1. The van der Waals surface area contributed by atoms with Crippen molar-refractivity contribution in [1.29, 1.82) is 0 Å². The normalized spacial score (nSPS) is 14.4. The maximum absolute atomic E-state index is 13.1. The molecule has 3 aromatic rings. The Morgan fingerprint density at radius 1 is 1.28 bits per heavy atom. The minimum absolute atomic E-state index is 0.209. The first-order valence-electron chi connectivity index (χ1n) is 8.82. The molecule has 1 amide bonds. The Morgan fingerprint density at radius 2 is 2.10 bits per heavy atom. The highest BCUT2D eigenvalue weighted by molar-refractivity contribution is 7.89. The third-order valence-electron chi connectivity index (χ3n) is 4.58. The fraction of sp³-hybridized carbons (Fsp3) is 0.211. The summed E-state index contributed by atoms with van der Waals surface area (Å²) in [7, 11) is -3.68. The van der Waals surface area contributed by atoms with E-state index in [-0.39, 0.29) is 17.3 Å². The summed E-state index contributed by atoms with van der Waals surface area (Å²) in [5.74, 6) is -0.351. The number of carbonyl (C=O) groups is 1. The van der Waals surface area contributed by atoms with Crippen molar-refractivity contribution in [1.82, 2.24) is 14.3 Å². The molecule has 0 atom stereocenters. The van der Waals surface area contributed by atoms with E-state index in [0.717, 1.165) is 10.6 Å². The van der Waals surface area contributed by atoms with Crippen LogP contribution in [0.5, 0.6) is 0 Å². The number of carbonyl (C=O) groups excluding carboxylic acids is 1. The van der Waals surface area contributed by atoms with E-state index >= 15 is 0 Å². The monoisotopic (exact) mass is 448 g/mol. The standard InChI is InChI=1S/C19H17ClN4O3S2/c1-12-5-6-13(20)10-17(12)29(26,27)24-9-7-14-16(11-24)28-19(22-14)23-18(25)15-4-2-3-8-21-15/h2-6,8,10H,7,9,11H2,1H3,(H,22,23,25). The second kappa shape index (κ2) is 7.83. The second-order valence-electron chi connectivity index (χ2n) is 6.56. The molecule has 0 unspecified atom stereocenters. The molecule has 1 aliphatic rings. The van der Waals surface area contributed by atoms with Crippen molar-refractivity contribution in [2.45, 2.75) is 24.8 Å². The van der Waals surface area contributed by atoms with Gasteiger partial charge in [-0.3, -0.25) is 15.1 Å². The number of aryl methyl sites for hydroxylation is 1. The van der Waals surface area contributed by atoms with Gasteiger partial charge in [-0.25, -0.2) is 13.4 Å². The number of sulfonamides is 1. The van der Waals surface area contributed by atoms with Crippen LogP contribution in [0.1, 0.15) is 26.6 Å². The van der Waals surface area contributed by atoms with Crippen LogP contribution in [-0.4, -0.2) is 35.1 Å². The van der Waals surface area contributed by atoms with Crippen LogP contribution in [0.2, 0.25) is 5.02 Å². The lowest BCUT2D eigenvalue weighted by molar-refractivity contribution is 0.102. The fourth-order valence-electron chi connectivity index (χ4n) is 3.08. The van der Waals surface area contributed by atoms with Gasteiger partial charge in [0, 0.05) is 29.1 Å². The van der Waals surface area contributed by atoms with E-state index in [0.29, 0.717) is 34.4 Å². The second-order valence-corrected chi connectivity index (χ2v) is 9.98. The van der Waals surface area contributed by atoms with E-state index < -0.39 is 10.0 Å². The average molecular weight is 449 g/mol. The lowest BCUT2D eigenvalue weighted by Gasteiger charge is -2.26. The molecule has 4 rings (SSSR count). The lowest BCUT2D eigenvalue weighted by atomic mass is 10.2. The third-order valence-corrected chi connectivity index (χ3v) is 7.80. The highest BCUT2D eigenvalue weighted by Gasteiger charge is 2.31. The molecule has 1 aliphatic heterocycles. The van der Waals surface area contributed by atoms with Crippen molar-refractivity contribution in [3.05, 3.63) is 69.4 Å². The number of hydrogen-bond acceptors (Lipinski definition) is 6. The molecule has 2 aromatic heterocycles. The summed E-state index contributed by atoms with van der Waals surface area (Å²) < 4.78 is 27.7. The van der Waals surface area contributed by atoms with Gasteiger partial charge in [0.25, 0.3) is 5.91 Å². The molecule has 1 aromatic carbocycles. The summed E-state index contributed by atoms with van der Waals surface area (Å²) in [6.45, 7) is 2.27. The molecule has 29 heavy (non-hydrogen) atoms. The van der Waals surface area contributed by atoms with Crippen molar-refractivity contribution in [3.8, 4) is 0 Å². The largest absolute Gasteiger partial charge is 0.296 e. The van der Waals surface area contributed by atoms with Gasteiger partial charge in [0.05, 0.1) is 17.1 Å². The van der Waals surface area contributed by atoms with Gasteiger partial charge in [0.2, 0.25) is 10.0 Å². The van der Waals surface area contributed by atoms with E-state index in [1.165, 1.54) is 21.7 Å². The molecule has 0 bridgehead atoms. The van der Waals surface area contributed by atoms with Crippen molar-refractivity contribution < 1.29 is 13.2 Å². The van der Waals surface area contributed by atoms with E-state index in [2.05, 4.69) is 15.3 Å². The molecule has 10 heteroatoms. The summed E-state index contributed by atoms with van der Waals surface area (Å²) >= 11 is 7.29. The first-order valence-corrected chi connectivity index (χ1v) is 11.5. The van der Waals surface area contributed by atoms with E-state index in [1.54, 1.807) is 43.5 Å². The van der Waals surface area contributed by atoms with Crippen LogP contribution in [0.15, 0.2) is 47.5 Å². The maximum atomic E-state index is 13.1. The average Bonchev–Trinajstić information content (AvgIpc) is 3.11. The first-order chi connectivity index (χ1) is 13.8. The Kier molecular flexibility index (Phi) is 5.39. The van der Waals surface area contributed by atoms with Crippen molar-refractivity contribution in [3.63, 3.8) is 0 Å². The zero-order valence-corrected chi connectivity index (χ0v) is 17.8. The molecule has 0 fully saturated rings. The number of nitrogens with zero attached hydrogens (tertiary/aromatic N) is 3. The van der Waals surface area contributed by atoms with Crippen LogP contribution in [0.3, 0.4) is 0 Å². The Labute approximate surface area is 177 Å². The minimum atomic E-state index is -3.68. The number of fused-ring (bicyclic) bond motifs is 1. The highest BCUT2D eigenvalue weighted by Crippen LogP contribution is 2.32. The summed E-state index contributed by atoms with van der Waals surface area (Å²) in [5, 5.41) is 3.55. The molecule has 0 aliphatic carbocycles. The van der Waals surface area contributed by atoms with Crippen molar-refractivity contribution in [2.75, 3.05) is 11.9 Å². The van der Waals surface area contributed by atoms with Crippen molar-refractivity contribution >= 4 is 44.0 Å². The summed E-state index contributed by atoms with van der Waals surface area (Å²) in [5.41, 5.74) is 1.75. The number of amides is 1. The molecule has 0 saturated carbocycles. The van der Waals surface area contributed by atoms with Gasteiger partial charge >= 0.3 is 0 Å². The van der Waals surface area contributed by atoms with Crippen LogP contribution in [0, 0.1) is 6.92 Å². The fourth-order valence-corrected chi connectivity index (χ4v) is 6.08. The molecule has 1 N–H and O–H groups in total. The molecule has 0 radical (unpaired) electrons. The quantitative estimate of drug-likeness (QED) is 0.659. The SMILES string of the molecule is Cc1ccc(Cl)cc1S(=O)(=O)N1CCc2nc(NC(=O)c3ccccn3)sc2C1. The van der Waals surface area contributed by atoms with Crippen molar-refractivity contribution in [2.24, 2.45) is 0 Å². The van der Waals surface area contributed by atoms with Gasteiger partial charge < -0.3 is 0 Å². The number of rotatable bonds is 4. The molecular weight excluding hydrogens is 432 g/mol. The molecular formula is C19H17ClN4O3S2. The topological polar surface area (TPSA) is 92.3 Å². The van der Waals surface area contributed by atoms with Crippen LogP contribution < -0.4 is 5.32 Å².